The van der Waals surface area contributed by atoms with Crippen LogP contribution >= 0.6 is 11.6 Å². The van der Waals surface area contributed by atoms with Gasteiger partial charge in [0, 0.05) is 23.5 Å². The lowest BCUT2D eigenvalue weighted by Crippen LogP contribution is -2.50. The minimum Gasteiger partial charge on any atom is -0.481 e. The number of carboxylic acids is 1. The summed E-state index contributed by atoms with van der Waals surface area (Å²) >= 11 is 6.15. The third-order valence-electron chi connectivity index (χ3n) is 4.49. The summed E-state index contributed by atoms with van der Waals surface area (Å²) in [4.78, 5) is 25.7. The number of piperidine rings is 1. The van der Waals surface area contributed by atoms with Gasteiger partial charge in [-0.15, -0.1) is 0 Å². The molecule has 22 heavy (non-hydrogen) atoms. The number of carboxylic acid groups (broad SMARTS) is 1. The van der Waals surface area contributed by atoms with Crippen LogP contribution in [0.3, 0.4) is 0 Å². The standard InChI is InChI=1S/C17H22ClNO3/c1-11(10-13-6-3-4-8-15(13)18)16(20)19-9-5-7-14(12(19)2)17(21)22/h3-4,6,8,11-12,14H,5,7,9-10H2,1-2H3,(H,21,22)/t11?,12-,14-/m0/s1. The Bertz CT molecular complexity index is 561. The summed E-state index contributed by atoms with van der Waals surface area (Å²) in [6, 6.07) is 7.25. The Kier molecular flexibility index (Phi) is 5.46. The molecular formula is C17H22ClNO3. The predicted octanol–water partition coefficient (Wildman–Crippen LogP) is 3.23. The first-order valence-electron chi connectivity index (χ1n) is 7.68. The van der Waals surface area contributed by atoms with Crippen molar-refractivity contribution < 1.29 is 14.7 Å². The Balaban J connectivity index is 2.07. The summed E-state index contributed by atoms with van der Waals surface area (Å²) in [5, 5.41) is 9.93. The number of hydrogen-bond donors (Lipinski definition) is 1. The second-order valence-electron chi connectivity index (χ2n) is 6.06. The molecular weight excluding hydrogens is 302 g/mol. The molecule has 3 atom stereocenters. The highest BCUT2D eigenvalue weighted by molar-refractivity contribution is 6.31. The van der Waals surface area contributed by atoms with Crippen molar-refractivity contribution in [2.24, 2.45) is 11.8 Å². The number of amides is 1. The topological polar surface area (TPSA) is 57.6 Å². The molecule has 1 aromatic carbocycles. The highest BCUT2D eigenvalue weighted by Crippen LogP contribution is 2.27. The monoisotopic (exact) mass is 323 g/mol. The highest BCUT2D eigenvalue weighted by Gasteiger charge is 2.36. The number of aliphatic carboxylic acids is 1. The second-order valence-corrected chi connectivity index (χ2v) is 6.46. The molecule has 4 nitrogen and oxygen atoms in total. The van der Waals surface area contributed by atoms with Gasteiger partial charge in [0.25, 0.3) is 0 Å². The van der Waals surface area contributed by atoms with Gasteiger partial charge in [0.2, 0.25) is 5.91 Å². The van der Waals surface area contributed by atoms with Gasteiger partial charge in [-0.2, -0.15) is 0 Å². The molecule has 120 valence electrons. The molecule has 0 aliphatic carbocycles. The molecule has 1 unspecified atom stereocenters. The first kappa shape index (κ1) is 16.8. The molecule has 1 aliphatic rings. The number of benzene rings is 1. The van der Waals surface area contributed by atoms with Crippen molar-refractivity contribution in [1.82, 2.24) is 4.90 Å². The van der Waals surface area contributed by atoms with Crippen LogP contribution in [0.25, 0.3) is 0 Å². The van der Waals surface area contributed by atoms with Crippen LogP contribution in [-0.2, 0) is 16.0 Å². The van der Waals surface area contributed by atoms with Gasteiger partial charge in [0.05, 0.1) is 5.92 Å². The summed E-state index contributed by atoms with van der Waals surface area (Å²) in [6.45, 7) is 4.34. The number of carbonyl (C=O) groups is 2. The summed E-state index contributed by atoms with van der Waals surface area (Å²) in [5.74, 6) is -1.48. The molecule has 1 saturated heterocycles. The maximum atomic E-state index is 12.7. The minimum atomic E-state index is -0.816. The number of hydrogen-bond acceptors (Lipinski definition) is 2. The van der Waals surface area contributed by atoms with Crippen LogP contribution in [0, 0.1) is 11.8 Å². The molecule has 0 spiro atoms. The molecule has 2 rings (SSSR count). The predicted molar refractivity (Wildman–Crippen MR) is 85.9 cm³/mol. The lowest BCUT2D eigenvalue weighted by molar-refractivity contribution is -0.150. The van der Waals surface area contributed by atoms with Crippen molar-refractivity contribution in [1.29, 1.82) is 0 Å². The van der Waals surface area contributed by atoms with Gasteiger partial charge < -0.3 is 10.0 Å². The number of nitrogens with zero attached hydrogens (tertiary/aromatic N) is 1. The fourth-order valence-corrected chi connectivity index (χ4v) is 3.36. The molecule has 1 amide bonds. The second kappa shape index (κ2) is 7.14. The zero-order valence-electron chi connectivity index (χ0n) is 13.0. The van der Waals surface area contributed by atoms with E-state index in [-0.39, 0.29) is 17.9 Å². The molecule has 5 heteroatoms. The Morgan fingerprint density at radius 2 is 2.09 bits per heavy atom. The molecule has 0 aromatic heterocycles. The Morgan fingerprint density at radius 1 is 1.41 bits per heavy atom. The van der Waals surface area contributed by atoms with Gasteiger partial charge in [-0.25, -0.2) is 0 Å². The minimum absolute atomic E-state index is 0.0124. The van der Waals surface area contributed by atoms with Gasteiger partial charge in [0.1, 0.15) is 0 Å². The summed E-state index contributed by atoms with van der Waals surface area (Å²) in [7, 11) is 0. The summed E-state index contributed by atoms with van der Waals surface area (Å²) in [5.41, 5.74) is 0.949. The van der Waals surface area contributed by atoms with Crippen molar-refractivity contribution in [3.63, 3.8) is 0 Å². The van der Waals surface area contributed by atoms with Crippen LogP contribution in [0.2, 0.25) is 5.02 Å². The number of carbonyl (C=O) groups excluding carboxylic acids is 1. The van der Waals surface area contributed by atoms with E-state index in [2.05, 4.69) is 0 Å². The van der Waals surface area contributed by atoms with E-state index >= 15 is 0 Å². The van der Waals surface area contributed by atoms with Crippen LogP contribution in [0.5, 0.6) is 0 Å². The third kappa shape index (κ3) is 3.61. The SMILES string of the molecule is CC(Cc1ccccc1Cl)C(=O)N1CCC[C@H](C(=O)O)[C@@H]1C. The van der Waals surface area contributed by atoms with Crippen LogP contribution in [0.1, 0.15) is 32.3 Å². The van der Waals surface area contributed by atoms with Crippen molar-refractivity contribution in [2.75, 3.05) is 6.54 Å². The van der Waals surface area contributed by atoms with E-state index < -0.39 is 11.9 Å². The number of halogens is 1. The van der Waals surface area contributed by atoms with Crippen molar-refractivity contribution in [3.8, 4) is 0 Å². The van der Waals surface area contributed by atoms with E-state index in [4.69, 9.17) is 11.6 Å². The van der Waals surface area contributed by atoms with Gasteiger partial charge in [0.15, 0.2) is 0 Å². The molecule has 1 aromatic rings. The van der Waals surface area contributed by atoms with E-state index in [0.717, 1.165) is 12.0 Å². The summed E-state index contributed by atoms with van der Waals surface area (Å²) in [6.07, 6.45) is 1.95. The van der Waals surface area contributed by atoms with Crippen molar-refractivity contribution >= 4 is 23.5 Å². The smallest absolute Gasteiger partial charge is 0.308 e. The lowest BCUT2D eigenvalue weighted by Gasteiger charge is -2.39. The van der Waals surface area contributed by atoms with E-state index in [9.17, 15) is 14.7 Å². The van der Waals surface area contributed by atoms with Gasteiger partial charge in [-0.05, 0) is 37.8 Å². The molecule has 0 radical (unpaired) electrons. The maximum Gasteiger partial charge on any atom is 0.308 e. The normalized spacial score (nSPS) is 23.1. The fourth-order valence-electron chi connectivity index (χ4n) is 3.15. The average Bonchev–Trinajstić information content (AvgIpc) is 2.48. The summed E-state index contributed by atoms with van der Waals surface area (Å²) < 4.78 is 0. The fraction of sp³-hybridized carbons (Fsp3) is 0.529. The quantitative estimate of drug-likeness (QED) is 0.925. The molecule has 0 bridgehead atoms. The molecule has 1 fully saturated rings. The Labute approximate surface area is 136 Å². The zero-order valence-corrected chi connectivity index (χ0v) is 13.7. The highest BCUT2D eigenvalue weighted by atomic mass is 35.5. The average molecular weight is 324 g/mol. The number of likely N-dealkylation sites (tertiary alicyclic amines) is 1. The molecule has 1 aliphatic heterocycles. The van der Waals surface area contributed by atoms with Crippen LogP contribution in [0.15, 0.2) is 24.3 Å². The van der Waals surface area contributed by atoms with E-state index in [1.165, 1.54) is 0 Å². The zero-order chi connectivity index (χ0) is 16.3. The molecule has 1 N–H and O–H groups in total. The first-order valence-corrected chi connectivity index (χ1v) is 8.06. The van der Waals surface area contributed by atoms with Crippen LogP contribution < -0.4 is 0 Å². The van der Waals surface area contributed by atoms with Crippen molar-refractivity contribution in [3.05, 3.63) is 34.9 Å². The molecule has 0 saturated carbocycles. The lowest BCUT2D eigenvalue weighted by atomic mass is 9.88. The first-order chi connectivity index (χ1) is 10.4. The van der Waals surface area contributed by atoms with Gasteiger partial charge >= 0.3 is 5.97 Å². The third-order valence-corrected chi connectivity index (χ3v) is 4.86. The number of rotatable bonds is 4. The van der Waals surface area contributed by atoms with Crippen LogP contribution in [-0.4, -0.2) is 34.5 Å². The largest absolute Gasteiger partial charge is 0.481 e. The van der Waals surface area contributed by atoms with Gasteiger partial charge in [-0.3, -0.25) is 9.59 Å². The van der Waals surface area contributed by atoms with E-state index in [1.807, 2.05) is 38.1 Å². The van der Waals surface area contributed by atoms with Crippen molar-refractivity contribution in [2.45, 2.75) is 39.2 Å². The molecule has 1 heterocycles. The van der Waals surface area contributed by atoms with Crippen LogP contribution in [0.4, 0.5) is 0 Å². The van der Waals surface area contributed by atoms with E-state index in [1.54, 1.807) is 4.90 Å². The Hall–Kier alpha value is -1.55. The Morgan fingerprint density at radius 3 is 2.73 bits per heavy atom. The van der Waals surface area contributed by atoms with Gasteiger partial charge in [-0.1, -0.05) is 36.7 Å². The van der Waals surface area contributed by atoms with E-state index in [0.29, 0.717) is 24.4 Å². The maximum absolute atomic E-state index is 12.7.